The number of aryl methyl sites for hydroxylation is 1. The summed E-state index contributed by atoms with van der Waals surface area (Å²) in [6.45, 7) is 1.71. The number of rotatable bonds is 1. The van der Waals surface area contributed by atoms with Gasteiger partial charge in [-0.1, -0.05) is 0 Å². The normalized spacial score (nSPS) is 10.5. The molecule has 0 saturated carbocycles. The topological polar surface area (TPSA) is 79.3 Å². The molecule has 0 radical (unpaired) electrons. The number of amides is 1. The molecular formula is C9H10N4O2. The van der Waals surface area contributed by atoms with Crippen LogP contribution in [-0.4, -0.2) is 27.6 Å². The average Bonchev–Trinajstić information content (AvgIpc) is 2.60. The molecular weight excluding hydrogens is 196 g/mol. The van der Waals surface area contributed by atoms with Crippen molar-refractivity contribution in [2.45, 2.75) is 6.92 Å². The molecule has 0 spiro atoms. The van der Waals surface area contributed by atoms with Crippen molar-refractivity contribution < 1.29 is 4.79 Å². The number of hydrogen-bond donors (Lipinski definition) is 2. The third kappa shape index (κ3) is 1.39. The monoisotopic (exact) mass is 206 g/mol. The second-order valence-electron chi connectivity index (χ2n) is 3.16. The zero-order chi connectivity index (χ0) is 11.0. The molecule has 0 saturated heterocycles. The number of nitrogens with one attached hydrogen (secondary N) is 2. The fourth-order valence-corrected chi connectivity index (χ4v) is 1.40. The molecule has 0 aromatic carbocycles. The van der Waals surface area contributed by atoms with Crippen molar-refractivity contribution in [1.29, 1.82) is 0 Å². The number of H-pyrrole nitrogens is 1. The summed E-state index contributed by atoms with van der Waals surface area (Å²) in [5, 5.41) is 5.16. The number of aromatic nitrogens is 3. The SMILES string of the molecule is CNC(=O)c1c[nH]n2c(=O)cc(C)nc12. The van der Waals surface area contributed by atoms with E-state index in [9.17, 15) is 9.59 Å². The van der Waals surface area contributed by atoms with Gasteiger partial charge in [0.25, 0.3) is 11.5 Å². The molecule has 2 aromatic heterocycles. The van der Waals surface area contributed by atoms with Crippen LogP contribution in [0.25, 0.3) is 5.65 Å². The van der Waals surface area contributed by atoms with Gasteiger partial charge in [-0.05, 0) is 6.92 Å². The van der Waals surface area contributed by atoms with Crippen LogP contribution in [0.1, 0.15) is 16.1 Å². The van der Waals surface area contributed by atoms with Crippen LogP contribution in [0.15, 0.2) is 17.1 Å². The highest BCUT2D eigenvalue weighted by molar-refractivity contribution is 5.99. The van der Waals surface area contributed by atoms with Crippen LogP contribution in [-0.2, 0) is 0 Å². The van der Waals surface area contributed by atoms with E-state index < -0.39 is 0 Å². The smallest absolute Gasteiger partial charge is 0.272 e. The van der Waals surface area contributed by atoms with E-state index in [1.165, 1.54) is 23.8 Å². The molecule has 0 aliphatic carbocycles. The van der Waals surface area contributed by atoms with Gasteiger partial charge in [-0.15, -0.1) is 0 Å². The van der Waals surface area contributed by atoms with Gasteiger partial charge in [-0.2, -0.15) is 0 Å². The van der Waals surface area contributed by atoms with Crippen LogP contribution in [0, 0.1) is 6.92 Å². The van der Waals surface area contributed by atoms with Crippen molar-refractivity contribution in [3.8, 4) is 0 Å². The lowest BCUT2D eigenvalue weighted by Gasteiger charge is -1.97. The Labute approximate surface area is 84.9 Å². The van der Waals surface area contributed by atoms with E-state index in [1.807, 2.05) is 0 Å². The molecule has 0 unspecified atom stereocenters. The Morgan fingerprint density at radius 1 is 1.60 bits per heavy atom. The minimum atomic E-state index is -0.272. The largest absolute Gasteiger partial charge is 0.355 e. The summed E-state index contributed by atoms with van der Waals surface area (Å²) in [5.41, 5.74) is 1.06. The standard InChI is InChI=1S/C9H10N4O2/c1-5-3-7(14)13-8(12-5)6(4-11-13)9(15)10-2/h3-4,11H,1-2H3,(H,10,15). The molecule has 2 aromatic rings. The summed E-state index contributed by atoms with van der Waals surface area (Å²) in [6, 6.07) is 1.40. The number of hydrogen-bond acceptors (Lipinski definition) is 3. The molecule has 6 heteroatoms. The number of nitrogens with zero attached hydrogens (tertiary/aromatic N) is 2. The quantitative estimate of drug-likeness (QED) is 0.671. The van der Waals surface area contributed by atoms with Gasteiger partial charge >= 0.3 is 0 Å². The van der Waals surface area contributed by atoms with E-state index in [1.54, 1.807) is 6.92 Å². The van der Waals surface area contributed by atoms with E-state index in [-0.39, 0.29) is 11.5 Å². The molecule has 0 aliphatic heterocycles. The van der Waals surface area contributed by atoms with Gasteiger partial charge in [0.15, 0.2) is 5.65 Å². The molecule has 6 nitrogen and oxygen atoms in total. The first-order valence-corrected chi connectivity index (χ1v) is 4.43. The second-order valence-corrected chi connectivity index (χ2v) is 3.16. The molecule has 0 aliphatic rings. The Balaban J connectivity index is 2.80. The first kappa shape index (κ1) is 9.45. The lowest BCUT2D eigenvalue weighted by Crippen LogP contribution is -2.19. The number of fused-ring (bicyclic) bond motifs is 1. The number of aromatic amines is 1. The van der Waals surface area contributed by atoms with Gasteiger partial charge in [0.2, 0.25) is 0 Å². The molecule has 2 rings (SSSR count). The van der Waals surface area contributed by atoms with Crippen LogP contribution < -0.4 is 10.9 Å². The van der Waals surface area contributed by atoms with Crippen molar-refractivity contribution in [3.05, 3.63) is 33.9 Å². The molecule has 0 bridgehead atoms. The van der Waals surface area contributed by atoms with Crippen LogP contribution in [0.2, 0.25) is 0 Å². The van der Waals surface area contributed by atoms with Gasteiger partial charge in [0.1, 0.15) is 5.56 Å². The van der Waals surface area contributed by atoms with E-state index in [0.29, 0.717) is 16.9 Å². The van der Waals surface area contributed by atoms with E-state index in [0.717, 1.165) is 0 Å². The maximum Gasteiger partial charge on any atom is 0.272 e. The average molecular weight is 206 g/mol. The highest BCUT2D eigenvalue weighted by Gasteiger charge is 2.12. The minimum absolute atomic E-state index is 0.229. The van der Waals surface area contributed by atoms with Crippen molar-refractivity contribution in [2.24, 2.45) is 0 Å². The first-order valence-electron chi connectivity index (χ1n) is 4.43. The molecule has 78 valence electrons. The fourth-order valence-electron chi connectivity index (χ4n) is 1.40. The Morgan fingerprint density at radius 3 is 3.00 bits per heavy atom. The summed E-state index contributed by atoms with van der Waals surface area (Å²) in [7, 11) is 1.53. The van der Waals surface area contributed by atoms with Gasteiger partial charge in [0, 0.05) is 25.0 Å². The minimum Gasteiger partial charge on any atom is -0.355 e. The predicted molar refractivity (Wildman–Crippen MR) is 53.9 cm³/mol. The molecule has 0 fully saturated rings. The molecule has 2 N–H and O–H groups in total. The maximum absolute atomic E-state index is 11.5. The molecule has 0 atom stereocenters. The fraction of sp³-hybridized carbons (Fsp3) is 0.222. The van der Waals surface area contributed by atoms with Crippen molar-refractivity contribution in [3.63, 3.8) is 0 Å². The Kier molecular flexibility index (Phi) is 2.03. The Bertz CT molecular complexity index is 581. The van der Waals surface area contributed by atoms with Gasteiger partial charge in [-0.3, -0.25) is 14.7 Å². The van der Waals surface area contributed by atoms with E-state index in [4.69, 9.17) is 0 Å². The summed E-state index contributed by atoms with van der Waals surface area (Å²) in [4.78, 5) is 27.0. The van der Waals surface area contributed by atoms with Gasteiger partial charge < -0.3 is 5.32 Å². The zero-order valence-corrected chi connectivity index (χ0v) is 8.37. The summed E-state index contributed by atoms with van der Waals surface area (Å²) >= 11 is 0. The summed E-state index contributed by atoms with van der Waals surface area (Å²) in [6.07, 6.45) is 1.46. The van der Waals surface area contributed by atoms with Crippen LogP contribution >= 0.6 is 0 Å². The highest BCUT2D eigenvalue weighted by Crippen LogP contribution is 2.05. The Hall–Kier alpha value is -2.11. The lowest BCUT2D eigenvalue weighted by atomic mass is 10.3. The summed E-state index contributed by atoms with van der Waals surface area (Å²) in [5.74, 6) is -0.272. The van der Waals surface area contributed by atoms with Gasteiger partial charge in [-0.25, -0.2) is 9.50 Å². The Morgan fingerprint density at radius 2 is 2.33 bits per heavy atom. The maximum atomic E-state index is 11.5. The molecule has 2 heterocycles. The van der Waals surface area contributed by atoms with Crippen molar-refractivity contribution >= 4 is 11.6 Å². The number of carbonyl (C=O) groups excluding carboxylic acids is 1. The summed E-state index contributed by atoms with van der Waals surface area (Å²) < 4.78 is 1.23. The lowest BCUT2D eigenvalue weighted by molar-refractivity contribution is 0.0964. The van der Waals surface area contributed by atoms with Crippen LogP contribution in [0.5, 0.6) is 0 Å². The highest BCUT2D eigenvalue weighted by atomic mass is 16.2. The molecule has 15 heavy (non-hydrogen) atoms. The van der Waals surface area contributed by atoms with Gasteiger partial charge in [0.05, 0.1) is 0 Å². The first-order chi connectivity index (χ1) is 7.13. The van der Waals surface area contributed by atoms with Crippen LogP contribution in [0.3, 0.4) is 0 Å². The van der Waals surface area contributed by atoms with E-state index >= 15 is 0 Å². The third-order valence-electron chi connectivity index (χ3n) is 2.10. The number of carbonyl (C=O) groups is 1. The van der Waals surface area contributed by atoms with Crippen molar-refractivity contribution in [2.75, 3.05) is 7.05 Å². The van der Waals surface area contributed by atoms with E-state index in [2.05, 4.69) is 15.4 Å². The third-order valence-corrected chi connectivity index (χ3v) is 2.10. The predicted octanol–water partition coefficient (Wildman–Crippen LogP) is -0.309. The second kappa shape index (κ2) is 3.23. The van der Waals surface area contributed by atoms with Crippen LogP contribution in [0.4, 0.5) is 0 Å². The zero-order valence-electron chi connectivity index (χ0n) is 8.37. The molecule has 1 amide bonds. The van der Waals surface area contributed by atoms with Crippen molar-refractivity contribution in [1.82, 2.24) is 19.9 Å².